The molecular formula is H2Cl2KP. The summed E-state index contributed by atoms with van der Waals surface area (Å²) in [5.41, 5.74) is 0. The van der Waals surface area contributed by atoms with E-state index in [-0.39, 0.29) is 58.7 Å². The fourth-order valence-corrected chi connectivity index (χ4v) is 0. The van der Waals surface area contributed by atoms with Crippen molar-refractivity contribution in [2.45, 2.75) is 0 Å². The van der Waals surface area contributed by atoms with Gasteiger partial charge in [-0.1, -0.05) is 22.5 Å². The summed E-state index contributed by atoms with van der Waals surface area (Å²) in [6.45, 7) is 0. The van der Waals surface area contributed by atoms with E-state index in [0.29, 0.717) is 0 Å². The van der Waals surface area contributed by atoms with Gasteiger partial charge in [-0.15, -0.1) is 0 Å². The molecule has 0 nitrogen and oxygen atoms in total. The topological polar surface area (TPSA) is 0 Å². The fourth-order valence-electron chi connectivity index (χ4n) is 0. The Kier molecular flexibility index (Phi) is 22.5. The van der Waals surface area contributed by atoms with Crippen LogP contribution in [0.2, 0.25) is 0 Å². The van der Waals surface area contributed by atoms with E-state index >= 15 is 0 Å². The minimum absolute atomic E-state index is 0. The second-order valence-corrected chi connectivity index (χ2v) is 1.93. The summed E-state index contributed by atoms with van der Waals surface area (Å²) in [4.78, 5) is 0. The van der Waals surface area contributed by atoms with E-state index in [4.69, 9.17) is 22.5 Å². The van der Waals surface area contributed by atoms with Gasteiger partial charge in [0.25, 0.3) is 0 Å². The maximum atomic E-state index is 4.79. The number of hydrogen-bond donors (Lipinski definition) is 0. The quantitative estimate of drug-likeness (QED) is 0.354. The first-order valence-electron chi connectivity index (χ1n) is 0.378. The van der Waals surface area contributed by atoms with Gasteiger partial charge in [-0.25, -0.2) is 0 Å². The average Bonchev–Trinajstić information content (AvgIpc) is 0.918. The molecule has 0 unspecified atom stereocenters. The molecule has 0 aromatic rings. The van der Waals surface area contributed by atoms with E-state index in [1.54, 1.807) is 0 Å². The van der Waals surface area contributed by atoms with E-state index < -0.39 is 0 Å². The number of rotatable bonds is 0. The average molecular weight is 143 g/mol. The Morgan fingerprint density at radius 1 is 1.25 bits per heavy atom. The van der Waals surface area contributed by atoms with Crippen LogP contribution in [0.4, 0.5) is 0 Å². The third-order valence-corrected chi connectivity index (χ3v) is 0. The monoisotopic (exact) mass is 142 g/mol. The second-order valence-electron chi connectivity index (χ2n) is 0.0714. The third kappa shape index (κ3) is 8.82. The van der Waals surface area contributed by atoms with Crippen LogP contribution >= 0.6 is 29.8 Å². The number of halogens is 2. The van der Waals surface area contributed by atoms with Crippen molar-refractivity contribution >= 4 is 81.2 Å². The van der Waals surface area contributed by atoms with E-state index in [1.165, 1.54) is 0 Å². The molecule has 0 atom stereocenters. The van der Waals surface area contributed by atoms with Crippen LogP contribution in [-0.4, -0.2) is 51.4 Å². The molecule has 0 N–H and O–H groups in total. The van der Waals surface area contributed by atoms with Gasteiger partial charge in [0.15, 0.2) is 0 Å². The molecule has 0 aliphatic carbocycles. The van der Waals surface area contributed by atoms with Crippen LogP contribution in [0.5, 0.6) is 0 Å². The van der Waals surface area contributed by atoms with Gasteiger partial charge in [0.1, 0.15) is 0 Å². The van der Waals surface area contributed by atoms with Crippen LogP contribution in [0.3, 0.4) is 0 Å². The van der Waals surface area contributed by atoms with Crippen molar-refractivity contribution in [3.8, 4) is 0 Å². The van der Waals surface area contributed by atoms with Crippen LogP contribution in [0.15, 0.2) is 0 Å². The molecule has 22 valence electrons. The molecule has 4 heteroatoms. The van der Waals surface area contributed by atoms with E-state index in [9.17, 15) is 0 Å². The summed E-state index contributed by atoms with van der Waals surface area (Å²) in [5, 5.41) is 0. The molecular weight excluding hydrogens is 141 g/mol. The zero-order valence-electron chi connectivity index (χ0n) is 1.26. The summed E-state index contributed by atoms with van der Waals surface area (Å²) in [7, 11) is 0.0278. The van der Waals surface area contributed by atoms with Crippen LogP contribution in [0.25, 0.3) is 0 Å². The Balaban J connectivity index is 0. The van der Waals surface area contributed by atoms with Gasteiger partial charge >= 0.3 is 51.4 Å². The van der Waals surface area contributed by atoms with Crippen molar-refractivity contribution in [3.63, 3.8) is 0 Å². The summed E-state index contributed by atoms with van der Waals surface area (Å²) in [5.74, 6) is 0. The van der Waals surface area contributed by atoms with Crippen LogP contribution in [0.1, 0.15) is 0 Å². The standard InChI is InChI=1S/Cl2HP.K.H/c1-3-2;;/h3H;;. The molecule has 0 amide bonds. The van der Waals surface area contributed by atoms with Gasteiger partial charge in [-0.2, -0.15) is 0 Å². The van der Waals surface area contributed by atoms with E-state index in [1.807, 2.05) is 0 Å². The molecule has 0 rings (SSSR count). The van der Waals surface area contributed by atoms with Gasteiger partial charge in [-0.05, 0) is 0 Å². The van der Waals surface area contributed by atoms with Crippen molar-refractivity contribution in [2.75, 3.05) is 0 Å². The zero-order chi connectivity index (χ0) is 2.71. The molecule has 0 saturated carbocycles. The normalized spacial score (nSPS) is 4.50. The molecule has 0 heterocycles. The Hall–Kier alpha value is 2.65. The van der Waals surface area contributed by atoms with Crippen molar-refractivity contribution in [2.24, 2.45) is 0 Å². The molecule has 0 aliphatic heterocycles. The van der Waals surface area contributed by atoms with Crippen LogP contribution in [-0.2, 0) is 0 Å². The van der Waals surface area contributed by atoms with Crippen LogP contribution < -0.4 is 0 Å². The molecule has 0 radical (unpaired) electrons. The van der Waals surface area contributed by atoms with Crippen molar-refractivity contribution in [3.05, 3.63) is 0 Å². The van der Waals surface area contributed by atoms with Crippen molar-refractivity contribution in [1.82, 2.24) is 0 Å². The zero-order valence-corrected chi connectivity index (χ0v) is 3.77. The predicted octanol–water partition coefficient (Wildman–Crippen LogP) is 1.32. The molecule has 0 bridgehead atoms. The summed E-state index contributed by atoms with van der Waals surface area (Å²) >= 11 is 9.58. The fraction of sp³-hybridized carbons (Fsp3) is 0. The third-order valence-electron chi connectivity index (χ3n) is 0. The molecule has 0 spiro atoms. The first-order chi connectivity index (χ1) is 1.41. The Bertz CT molecular complexity index is 6.00. The summed E-state index contributed by atoms with van der Waals surface area (Å²) in [6.07, 6.45) is 0. The molecule has 0 aromatic carbocycles. The molecule has 0 aliphatic rings. The Morgan fingerprint density at radius 2 is 1.25 bits per heavy atom. The van der Waals surface area contributed by atoms with Gasteiger partial charge in [0.2, 0.25) is 0 Å². The van der Waals surface area contributed by atoms with Gasteiger partial charge in [-0.3, -0.25) is 0 Å². The minimum atomic E-state index is 0. The van der Waals surface area contributed by atoms with Crippen molar-refractivity contribution in [1.29, 1.82) is 0 Å². The van der Waals surface area contributed by atoms with Crippen LogP contribution in [0, 0.1) is 0 Å². The predicted molar refractivity (Wildman–Crippen MR) is 27.2 cm³/mol. The van der Waals surface area contributed by atoms with Gasteiger partial charge in [0.05, 0.1) is 7.29 Å². The molecule has 4 heavy (non-hydrogen) atoms. The number of hydrogen-bond acceptors (Lipinski definition) is 0. The molecule has 0 fully saturated rings. The SMILES string of the molecule is ClPCl.[KH]. The first kappa shape index (κ1) is 9.82. The maximum absolute atomic E-state index is 4.79. The summed E-state index contributed by atoms with van der Waals surface area (Å²) in [6, 6.07) is 0. The molecule has 0 aromatic heterocycles. The summed E-state index contributed by atoms with van der Waals surface area (Å²) < 4.78 is 0. The Labute approximate surface area is 79.4 Å². The van der Waals surface area contributed by atoms with Crippen molar-refractivity contribution < 1.29 is 0 Å². The Morgan fingerprint density at radius 3 is 1.25 bits per heavy atom. The van der Waals surface area contributed by atoms with Gasteiger partial charge in [0, 0.05) is 0 Å². The van der Waals surface area contributed by atoms with E-state index in [0.717, 1.165) is 0 Å². The van der Waals surface area contributed by atoms with E-state index in [2.05, 4.69) is 0 Å². The first-order valence-corrected chi connectivity index (χ1v) is 3.40. The van der Waals surface area contributed by atoms with Gasteiger partial charge < -0.3 is 0 Å². The molecule has 0 saturated heterocycles. The second kappa shape index (κ2) is 9.17.